The molecule has 5 heteroatoms. The van der Waals surface area contributed by atoms with Crippen molar-refractivity contribution in [3.8, 4) is 5.75 Å². The van der Waals surface area contributed by atoms with E-state index in [4.69, 9.17) is 10.5 Å². The standard InChI is InChI=1S/C14H14N2O3/c1-16(14(18)13(15)17)11-5-3-10-8-12(19-2)6-4-9(10)7-11/h3-8H,1-2H3,(H2,15,17). The highest BCUT2D eigenvalue weighted by molar-refractivity contribution is 6.39. The van der Waals surface area contributed by atoms with Crippen LogP contribution in [0.1, 0.15) is 0 Å². The average Bonchev–Trinajstić information content (AvgIpc) is 2.44. The smallest absolute Gasteiger partial charge is 0.315 e. The Balaban J connectivity index is 2.42. The lowest BCUT2D eigenvalue weighted by Gasteiger charge is -2.16. The summed E-state index contributed by atoms with van der Waals surface area (Å²) in [4.78, 5) is 23.6. The predicted molar refractivity (Wildman–Crippen MR) is 73.1 cm³/mol. The Kier molecular flexibility index (Phi) is 3.37. The van der Waals surface area contributed by atoms with E-state index in [1.807, 2.05) is 30.3 Å². The summed E-state index contributed by atoms with van der Waals surface area (Å²) < 4.78 is 5.14. The summed E-state index contributed by atoms with van der Waals surface area (Å²) in [6.07, 6.45) is 0. The first kappa shape index (κ1) is 12.9. The minimum atomic E-state index is -0.975. The predicted octanol–water partition coefficient (Wildman–Crippen LogP) is 1.30. The highest BCUT2D eigenvalue weighted by atomic mass is 16.5. The van der Waals surface area contributed by atoms with E-state index in [1.165, 1.54) is 11.9 Å². The number of hydrogen-bond donors (Lipinski definition) is 1. The Morgan fingerprint density at radius 2 is 1.74 bits per heavy atom. The number of nitrogens with zero attached hydrogens (tertiary/aromatic N) is 1. The van der Waals surface area contributed by atoms with E-state index in [-0.39, 0.29) is 0 Å². The van der Waals surface area contributed by atoms with Gasteiger partial charge in [-0.3, -0.25) is 9.59 Å². The van der Waals surface area contributed by atoms with E-state index in [1.54, 1.807) is 13.2 Å². The molecule has 2 N–H and O–H groups in total. The molecule has 2 amide bonds. The number of ether oxygens (including phenoxy) is 1. The summed E-state index contributed by atoms with van der Waals surface area (Å²) in [7, 11) is 3.12. The molecule has 5 nitrogen and oxygen atoms in total. The van der Waals surface area contributed by atoms with Gasteiger partial charge in [-0.1, -0.05) is 12.1 Å². The number of carbonyl (C=O) groups is 2. The largest absolute Gasteiger partial charge is 0.497 e. The monoisotopic (exact) mass is 258 g/mol. The summed E-state index contributed by atoms with van der Waals surface area (Å²) >= 11 is 0. The van der Waals surface area contributed by atoms with Crippen molar-refractivity contribution in [3.63, 3.8) is 0 Å². The maximum absolute atomic E-state index is 11.5. The molecule has 0 aliphatic rings. The molecule has 0 unspecified atom stereocenters. The minimum absolute atomic E-state index is 0.612. The van der Waals surface area contributed by atoms with Crippen molar-refractivity contribution in [1.29, 1.82) is 0 Å². The van der Waals surface area contributed by atoms with E-state index >= 15 is 0 Å². The molecule has 0 saturated heterocycles. The molecule has 0 radical (unpaired) electrons. The topological polar surface area (TPSA) is 72.6 Å². The molecule has 0 aliphatic carbocycles. The van der Waals surface area contributed by atoms with Crippen LogP contribution in [0.15, 0.2) is 36.4 Å². The highest BCUT2D eigenvalue weighted by Crippen LogP contribution is 2.25. The quantitative estimate of drug-likeness (QED) is 0.825. The third kappa shape index (κ3) is 2.49. The molecule has 2 aromatic rings. The van der Waals surface area contributed by atoms with Crippen LogP contribution in [0.25, 0.3) is 10.8 Å². The van der Waals surface area contributed by atoms with E-state index in [9.17, 15) is 9.59 Å². The van der Waals surface area contributed by atoms with Gasteiger partial charge in [0.15, 0.2) is 0 Å². The molecular weight excluding hydrogens is 244 g/mol. The van der Waals surface area contributed by atoms with Gasteiger partial charge in [0.2, 0.25) is 0 Å². The number of rotatable bonds is 2. The Morgan fingerprint density at radius 1 is 1.11 bits per heavy atom. The molecular formula is C14H14N2O3. The number of carbonyl (C=O) groups excluding carboxylic acids is 2. The SMILES string of the molecule is COc1ccc2cc(N(C)C(=O)C(N)=O)ccc2c1. The zero-order chi connectivity index (χ0) is 14.0. The van der Waals surface area contributed by atoms with Crippen LogP contribution >= 0.6 is 0 Å². The third-order valence-electron chi connectivity index (χ3n) is 2.93. The number of benzene rings is 2. The molecule has 0 aromatic heterocycles. The molecule has 0 saturated carbocycles. The molecule has 0 bridgehead atoms. The summed E-state index contributed by atoms with van der Waals surface area (Å²) in [6.45, 7) is 0. The molecule has 0 fully saturated rings. The van der Waals surface area contributed by atoms with Gasteiger partial charge in [-0.2, -0.15) is 0 Å². The van der Waals surface area contributed by atoms with Crippen LogP contribution in [0.4, 0.5) is 5.69 Å². The number of fused-ring (bicyclic) bond motifs is 1. The number of hydrogen-bond acceptors (Lipinski definition) is 3. The second-order valence-electron chi connectivity index (χ2n) is 4.13. The van der Waals surface area contributed by atoms with Gasteiger partial charge in [0, 0.05) is 12.7 Å². The minimum Gasteiger partial charge on any atom is -0.497 e. The van der Waals surface area contributed by atoms with E-state index < -0.39 is 11.8 Å². The van der Waals surface area contributed by atoms with E-state index in [2.05, 4.69) is 0 Å². The molecule has 2 rings (SSSR count). The van der Waals surface area contributed by atoms with Crippen molar-refractivity contribution in [1.82, 2.24) is 0 Å². The van der Waals surface area contributed by atoms with Crippen LogP contribution in [-0.4, -0.2) is 26.0 Å². The van der Waals surface area contributed by atoms with Gasteiger partial charge in [0.25, 0.3) is 0 Å². The summed E-state index contributed by atoms with van der Waals surface area (Å²) in [5.74, 6) is -0.952. The van der Waals surface area contributed by atoms with Crippen LogP contribution in [0.2, 0.25) is 0 Å². The molecule has 19 heavy (non-hydrogen) atoms. The fourth-order valence-electron chi connectivity index (χ4n) is 1.83. The van der Waals surface area contributed by atoms with Gasteiger partial charge in [-0.25, -0.2) is 0 Å². The second-order valence-corrected chi connectivity index (χ2v) is 4.13. The number of likely N-dealkylation sites (N-methyl/N-ethyl adjacent to an activating group) is 1. The van der Waals surface area contributed by atoms with Crippen molar-refractivity contribution in [3.05, 3.63) is 36.4 Å². The normalized spacial score (nSPS) is 10.2. The van der Waals surface area contributed by atoms with Crippen LogP contribution in [-0.2, 0) is 9.59 Å². The van der Waals surface area contributed by atoms with Crippen LogP contribution in [0.3, 0.4) is 0 Å². The summed E-state index contributed by atoms with van der Waals surface area (Å²) in [5.41, 5.74) is 5.59. The Hall–Kier alpha value is -2.56. The molecule has 0 spiro atoms. The van der Waals surface area contributed by atoms with Crippen molar-refractivity contribution in [2.75, 3.05) is 19.1 Å². The fraction of sp³-hybridized carbons (Fsp3) is 0.143. The highest BCUT2D eigenvalue weighted by Gasteiger charge is 2.16. The first-order valence-corrected chi connectivity index (χ1v) is 5.68. The van der Waals surface area contributed by atoms with Crippen molar-refractivity contribution < 1.29 is 14.3 Å². The first-order valence-electron chi connectivity index (χ1n) is 5.68. The number of nitrogens with two attached hydrogens (primary N) is 1. The van der Waals surface area contributed by atoms with Crippen LogP contribution < -0.4 is 15.4 Å². The van der Waals surface area contributed by atoms with Gasteiger partial charge in [-0.05, 0) is 35.0 Å². The molecule has 0 atom stereocenters. The summed E-state index contributed by atoms with van der Waals surface area (Å²) in [5, 5.41) is 1.94. The van der Waals surface area contributed by atoms with Gasteiger partial charge in [0.05, 0.1) is 7.11 Å². The van der Waals surface area contributed by atoms with Gasteiger partial charge in [0.1, 0.15) is 5.75 Å². The zero-order valence-electron chi connectivity index (χ0n) is 10.7. The molecule has 2 aromatic carbocycles. The molecule has 0 aliphatic heterocycles. The van der Waals surface area contributed by atoms with E-state index in [0.29, 0.717) is 5.69 Å². The maximum atomic E-state index is 11.5. The zero-order valence-corrected chi connectivity index (χ0v) is 10.7. The van der Waals surface area contributed by atoms with Crippen molar-refractivity contribution in [2.24, 2.45) is 5.73 Å². The summed E-state index contributed by atoms with van der Waals surface area (Å²) in [6, 6.07) is 11.0. The number of amides is 2. The average molecular weight is 258 g/mol. The first-order chi connectivity index (χ1) is 9.02. The maximum Gasteiger partial charge on any atom is 0.315 e. The van der Waals surface area contributed by atoms with Gasteiger partial charge >= 0.3 is 11.8 Å². The lowest BCUT2D eigenvalue weighted by atomic mass is 10.1. The fourth-order valence-corrected chi connectivity index (χ4v) is 1.83. The lowest BCUT2D eigenvalue weighted by Crippen LogP contribution is -2.37. The van der Waals surface area contributed by atoms with Crippen molar-refractivity contribution >= 4 is 28.3 Å². The number of anilines is 1. The van der Waals surface area contributed by atoms with Gasteiger partial charge in [-0.15, -0.1) is 0 Å². The molecule has 98 valence electrons. The third-order valence-corrected chi connectivity index (χ3v) is 2.93. The lowest BCUT2D eigenvalue weighted by molar-refractivity contribution is -0.135. The number of primary amides is 1. The van der Waals surface area contributed by atoms with Crippen LogP contribution in [0.5, 0.6) is 5.75 Å². The van der Waals surface area contributed by atoms with Gasteiger partial charge < -0.3 is 15.4 Å². The Labute approximate surface area is 110 Å². The number of methoxy groups -OCH3 is 1. The van der Waals surface area contributed by atoms with Crippen LogP contribution in [0, 0.1) is 0 Å². The van der Waals surface area contributed by atoms with E-state index in [0.717, 1.165) is 16.5 Å². The second kappa shape index (κ2) is 4.97. The van der Waals surface area contributed by atoms with Crippen molar-refractivity contribution in [2.45, 2.75) is 0 Å². The Morgan fingerprint density at radius 3 is 2.37 bits per heavy atom. The molecule has 0 heterocycles. The Bertz CT molecular complexity index is 652.